The molecule has 172 valence electrons. The Balaban J connectivity index is 0.00000306. The number of para-hydroxylation sites is 1. The summed E-state index contributed by atoms with van der Waals surface area (Å²) in [6.45, 7) is 3.08. The average Bonchev–Trinajstić information content (AvgIpc) is 3.22. The molecule has 0 spiro atoms. The van der Waals surface area contributed by atoms with Gasteiger partial charge in [-0.3, -0.25) is 9.67 Å². The van der Waals surface area contributed by atoms with Crippen molar-refractivity contribution in [2.24, 2.45) is 0 Å². The molecular weight excluding hydrogens is 622 g/mol. The minimum atomic E-state index is -4.67. The van der Waals surface area contributed by atoms with Crippen molar-refractivity contribution >= 4 is 0 Å². The molecule has 4 nitrogen and oxygen atoms in total. The fourth-order valence-electron chi connectivity index (χ4n) is 3.29. The summed E-state index contributed by atoms with van der Waals surface area (Å²) in [5, 5.41) is 4.21. The maximum absolute atomic E-state index is 14.1. The topological polar surface area (TPSA) is 43.6 Å². The fraction of sp³-hybridized carbons (Fsp3) is 0.174. The van der Waals surface area contributed by atoms with Crippen molar-refractivity contribution in [3.8, 4) is 16.9 Å². The molecule has 0 aliphatic heterocycles. The Kier molecular flexibility index (Phi) is 6.84. The van der Waals surface area contributed by atoms with E-state index in [0.29, 0.717) is 5.69 Å². The van der Waals surface area contributed by atoms with Crippen LogP contribution in [0.1, 0.15) is 30.8 Å². The Morgan fingerprint density at radius 3 is 2.33 bits per heavy atom. The van der Waals surface area contributed by atoms with E-state index in [9.17, 15) is 22.0 Å². The predicted octanol–water partition coefficient (Wildman–Crippen LogP) is 5.55. The maximum Gasteiger partial charge on any atom is 2.00 e. The van der Waals surface area contributed by atoms with E-state index < -0.39 is 29.1 Å². The largest absolute Gasteiger partial charge is 2.00 e. The number of nitrogens with zero attached hydrogens (tertiary/aromatic N) is 4. The zero-order chi connectivity index (χ0) is 23.1. The first-order valence-corrected chi connectivity index (χ1v) is 9.43. The van der Waals surface area contributed by atoms with Crippen LogP contribution in [0, 0.1) is 24.0 Å². The van der Waals surface area contributed by atoms with Gasteiger partial charge in [0, 0.05) is 11.9 Å². The molecule has 0 N–H and O–H groups in total. The van der Waals surface area contributed by atoms with E-state index in [1.54, 1.807) is 38.1 Å². The van der Waals surface area contributed by atoms with Gasteiger partial charge in [-0.05, 0) is 31.3 Å². The molecule has 33 heavy (non-hydrogen) atoms. The van der Waals surface area contributed by atoms with E-state index in [-0.39, 0.29) is 43.7 Å². The monoisotopic (exact) mass is 637 g/mol. The summed E-state index contributed by atoms with van der Waals surface area (Å²) in [7, 11) is 0. The van der Waals surface area contributed by atoms with Crippen LogP contribution in [-0.4, -0.2) is 19.7 Å². The van der Waals surface area contributed by atoms with E-state index in [4.69, 9.17) is 0 Å². The molecule has 0 saturated carbocycles. The van der Waals surface area contributed by atoms with Crippen molar-refractivity contribution in [3.05, 3.63) is 95.7 Å². The molecule has 3 aromatic heterocycles. The van der Waals surface area contributed by atoms with Crippen molar-refractivity contribution in [2.75, 3.05) is 0 Å². The van der Waals surface area contributed by atoms with E-state index in [1.165, 1.54) is 18.2 Å². The van der Waals surface area contributed by atoms with Crippen LogP contribution in [-0.2, 0) is 32.7 Å². The summed E-state index contributed by atoms with van der Waals surface area (Å²) >= 11 is 0. The second kappa shape index (κ2) is 9.14. The van der Waals surface area contributed by atoms with Crippen molar-refractivity contribution in [1.82, 2.24) is 19.7 Å². The minimum absolute atomic E-state index is 0. The van der Waals surface area contributed by atoms with E-state index in [1.807, 2.05) is 0 Å². The molecule has 4 rings (SSSR count). The Morgan fingerprint density at radius 1 is 0.939 bits per heavy atom. The van der Waals surface area contributed by atoms with Gasteiger partial charge in [-0.15, -0.1) is 12.1 Å². The average molecular weight is 637 g/mol. The Labute approximate surface area is 200 Å². The maximum atomic E-state index is 14.1. The normalized spacial score (nSPS) is 11.8. The number of halogens is 5. The van der Waals surface area contributed by atoms with Crippen LogP contribution in [0.5, 0.6) is 0 Å². The molecule has 0 aliphatic carbocycles. The van der Waals surface area contributed by atoms with Crippen molar-refractivity contribution in [3.63, 3.8) is 0 Å². The first-order chi connectivity index (χ1) is 15.1. The molecule has 0 bridgehead atoms. The molecule has 0 radical (unpaired) electrons. The molecule has 0 atom stereocenters. The smallest absolute Gasteiger partial charge is 0.300 e. The standard InChI is InChI=1S/C23H15F5N4.Pt/c1-22(2,18-10-6-9-17(29-18)15-11-12-19(24)30-21(15)25)20-16(23(26,27)28)13-32(31-20)14-7-4-3-5-8-14;/h3-7,9-10,12-13H,1-2H3;/q-2;+2. The van der Waals surface area contributed by atoms with Gasteiger partial charge in [0.15, 0.2) is 0 Å². The third-order valence-electron chi connectivity index (χ3n) is 4.94. The summed E-state index contributed by atoms with van der Waals surface area (Å²) < 4.78 is 70.0. The third kappa shape index (κ3) is 4.88. The van der Waals surface area contributed by atoms with Gasteiger partial charge in [0.05, 0.1) is 16.7 Å². The Hall–Kier alpha value is -2.93. The molecule has 0 amide bonds. The van der Waals surface area contributed by atoms with Crippen LogP contribution < -0.4 is 0 Å². The summed E-state index contributed by atoms with van der Waals surface area (Å²) in [6, 6.07) is 17.1. The zero-order valence-corrected chi connectivity index (χ0v) is 19.5. The van der Waals surface area contributed by atoms with E-state index in [0.717, 1.165) is 16.9 Å². The minimum Gasteiger partial charge on any atom is -0.300 e. The van der Waals surface area contributed by atoms with Crippen molar-refractivity contribution in [2.45, 2.75) is 25.4 Å². The summed E-state index contributed by atoms with van der Waals surface area (Å²) in [6.07, 6.45) is -3.76. The summed E-state index contributed by atoms with van der Waals surface area (Å²) in [4.78, 5) is 7.44. The first kappa shape index (κ1) is 24.7. The molecular formula is C23H15F5N4Pt. The molecule has 3 heterocycles. The van der Waals surface area contributed by atoms with Gasteiger partial charge >= 0.3 is 27.2 Å². The molecule has 0 fully saturated rings. The summed E-state index contributed by atoms with van der Waals surface area (Å²) in [5.74, 6) is -2.16. The predicted molar refractivity (Wildman–Crippen MR) is 106 cm³/mol. The van der Waals surface area contributed by atoms with Crippen LogP contribution in [0.25, 0.3) is 16.9 Å². The number of pyridine rings is 2. The number of hydrogen-bond donors (Lipinski definition) is 0. The molecule has 0 aliphatic rings. The second-order valence-corrected chi connectivity index (χ2v) is 7.50. The summed E-state index contributed by atoms with van der Waals surface area (Å²) in [5.41, 5.74) is -2.07. The number of hydrogen-bond acceptors (Lipinski definition) is 3. The van der Waals surface area contributed by atoms with Gasteiger partial charge in [-0.25, -0.2) is 8.78 Å². The second-order valence-electron chi connectivity index (χ2n) is 7.50. The van der Waals surface area contributed by atoms with Gasteiger partial charge in [0.25, 0.3) is 0 Å². The molecule has 1 aromatic carbocycles. The van der Waals surface area contributed by atoms with Gasteiger partial charge in [0.2, 0.25) is 0 Å². The van der Waals surface area contributed by atoms with Gasteiger partial charge in [-0.1, -0.05) is 23.8 Å². The van der Waals surface area contributed by atoms with Crippen LogP contribution >= 0.6 is 0 Å². The van der Waals surface area contributed by atoms with Crippen molar-refractivity contribution in [1.29, 1.82) is 0 Å². The Bertz CT molecular complexity index is 1270. The molecule has 0 saturated heterocycles. The van der Waals surface area contributed by atoms with Crippen molar-refractivity contribution < 1.29 is 43.0 Å². The quantitative estimate of drug-likeness (QED) is 0.168. The first-order valence-electron chi connectivity index (χ1n) is 9.43. The van der Waals surface area contributed by atoms with E-state index >= 15 is 0 Å². The van der Waals surface area contributed by atoms with Gasteiger partial charge in [-0.2, -0.15) is 42.5 Å². The SMILES string of the molecule is CC(C)(c1cccc(-c2[c-]cc(F)nc2F)n1)c1nn(-c2[c-]cccc2)cc1C(F)(F)F.[Pt+2]. The van der Waals surface area contributed by atoms with Crippen LogP contribution in [0.15, 0.2) is 54.7 Å². The molecule has 0 unspecified atom stereocenters. The molecule has 10 heteroatoms. The number of alkyl halides is 3. The number of aromatic nitrogens is 4. The zero-order valence-electron chi connectivity index (χ0n) is 17.2. The van der Waals surface area contributed by atoms with Crippen LogP contribution in [0.3, 0.4) is 0 Å². The van der Waals surface area contributed by atoms with Gasteiger partial charge < -0.3 is 4.98 Å². The van der Waals surface area contributed by atoms with E-state index in [2.05, 4.69) is 27.2 Å². The van der Waals surface area contributed by atoms with Crippen LogP contribution in [0.2, 0.25) is 0 Å². The van der Waals surface area contributed by atoms with Crippen LogP contribution in [0.4, 0.5) is 22.0 Å². The number of rotatable bonds is 4. The fourth-order valence-corrected chi connectivity index (χ4v) is 3.29. The number of benzene rings is 1. The third-order valence-corrected chi connectivity index (χ3v) is 4.94. The molecule has 4 aromatic rings. The Morgan fingerprint density at radius 2 is 1.70 bits per heavy atom. The van der Waals surface area contributed by atoms with Gasteiger partial charge in [0.1, 0.15) is 11.9 Å².